The van der Waals surface area contributed by atoms with Gasteiger partial charge in [-0.25, -0.2) is 14.8 Å². The highest BCUT2D eigenvalue weighted by molar-refractivity contribution is 8.00. The molecule has 1 spiro atoms. The summed E-state index contributed by atoms with van der Waals surface area (Å²) in [4.78, 5) is 48.9. The van der Waals surface area contributed by atoms with Gasteiger partial charge in [-0.3, -0.25) is 15.0 Å². The maximum Gasteiger partial charge on any atom is 0.344 e. The lowest BCUT2D eigenvalue weighted by Crippen LogP contribution is -2.51. The number of nitrogens with zero attached hydrogens (tertiary/aromatic N) is 3. The number of imide groups is 1. The summed E-state index contributed by atoms with van der Waals surface area (Å²) >= 11 is 2.90. The molecule has 0 bridgehead atoms. The van der Waals surface area contributed by atoms with E-state index >= 15 is 0 Å². The van der Waals surface area contributed by atoms with Crippen LogP contribution in [0.2, 0.25) is 0 Å². The second-order valence-electron chi connectivity index (χ2n) is 8.20. The number of urea groups is 1. The molecular formula is C20H25N5O3S2. The van der Waals surface area contributed by atoms with Gasteiger partial charge >= 0.3 is 6.03 Å². The molecule has 0 unspecified atom stereocenters. The van der Waals surface area contributed by atoms with Crippen molar-refractivity contribution in [2.24, 2.45) is 5.92 Å². The molecule has 3 heterocycles. The lowest BCUT2D eigenvalue weighted by molar-refractivity contribution is -0.139. The molecule has 1 saturated heterocycles. The summed E-state index contributed by atoms with van der Waals surface area (Å²) in [6.45, 7) is 8.03. The molecule has 0 atom stereocenters. The summed E-state index contributed by atoms with van der Waals surface area (Å²) in [5.41, 5.74) is 2.73. The van der Waals surface area contributed by atoms with E-state index < -0.39 is 17.5 Å². The summed E-state index contributed by atoms with van der Waals surface area (Å²) in [6, 6.07) is -0.558. The van der Waals surface area contributed by atoms with Crippen LogP contribution in [0.1, 0.15) is 48.9 Å². The fourth-order valence-electron chi connectivity index (χ4n) is 4.03. The van der Waals surface area contributed by atoms with E-state index in [0.29, 0.717) is 24.6 Å². The normalized spacial score (nSPS) is 24.0. The van der Waals surface area contributed by atoms with Crippen LogP contribution in [-0.2, 0) is 9.59 Å². The molecule has 2 aliphatic rings. The largest absolute Gasteiger partial charge is 0.344 e. The molecular weight excluding hydrogens is 422 g/mol. The van der Waals surface area contributed by atoms with Crippen molar-refractivity contribution in [1.29, 1.82) is 0 Å². The molecule has 1 saturated carbocycles. The van der Waals surface area contributed by atoms with Crippen molar-refractivity contribution in [3.63, 3.8) is 0 Å². The number of thiophene rings is 1. The smallest absolute Gasteiger partial charge is 0.322 e. The van der Waals surface area contributed by atoms with Crippen LogP contribution in [0.15, 0.2) is 5.03 Å². The van der Waals surface area contributed by atoms with Crippen LogP contribution < -0.4 is 10.7 Å². The van der Waals surface area contributed by atoms with Gasteiger partial charge < -0.3 is 5.32 Å². The summed E-state index contributed by atoms with van der Waals surface area (Å²) in [6.07, 6.45) is 2.97. The first-order valence-electron chi connectivity index (χ1n) is 10.0. The summed E-state index contributed by atoms with van der Waals surface area (Å²) < 4.78 is 0. The lowest BCUT2D eigenvalue weighted by atomic mass is 9.77. The predicted octanol–water partition coefficient (Wildman–Crippen LogP) is 3.24. The topological polar surface area (TPSA) is 104 Å². The number of aromatic nitrogens is 2. The molecule has 2 aromatic heterocycles. The van der Waals surface area contributed by atoms with E-state index in [-0.39, 0.29) is 11.7 Å². The Morgan fingerprint density at radius 3 is 2.67 bits per heavy atom. The van der Waals surface area contributed by atoms with Gasteiger partial charge in [0.15, 0.2) is 0 Å². The number of carbonyl (C=O) groups is 3. The van der Waals surface area contributed by atoms with Crippen molar-refractivity contribution in [2.45, 2.75) is 63.9 Å². The van der Waals surface area contributed by atoms with Gasteiger partial charge in [-0.2, -0.15) is 5.01 Å². The molecule has 2 aromatic rings. The van der Waals surface area contributed by atoms with Crippen LogP contribution in [0.4, 0.5) is 4.79 Å². The fraction of sp³-hybridized carbons (Fsp3) is 0.550. The number of hydrogen-bond donors (Lipinski definition) is 2. The van der Waals surface area contributed by atoms with E-state index in [9.17, 15) is 14.4 Å². The number of thioether (sulfide) groups is 1. The molecule has 160 valence electrons. The molecule has 1 aliphatic heterocycles. The van der Waals surface area contributed by atoms with Gasteiger partial charge in [-0.05, 0) is 57.9 Å². The Labute approximate surface area is 183 Å². The van der Waals surface area contributed by atoms with Crippen LogP contribution in [-0.4, -0.2) is 44.1 Å². The number of carbonyl (C=O) groups excluding carboxylic acids is 3. The molecule has 10 heteroatoms. The molecule has 30 heavy (non-hydrogen) atoms. The van der Waals surface area contributed by atoms with E-state index in [1.807, 2.05) is 20.8 Å². The van der Waals surface area contributed by atoms with Crippen LogP contribution in [0, 0.1) is 26.7 Å². The molecule has 4 rings (SSSR count). The summed E-state index contributed by atoms with van der Waals surface area (Å²) in [5.74, 6) is 0.453. The quantitative estimate of drug-likeness (QED) is 0.424. The minimum atomic E-state index is -0.870. The van der Waals surface area contributed by atoms with Crippen LogP contribution in [0.5, 0.6) is 0 Å². The minimum Gasteiger partial charge on any atom is -0.322 e. The van der Waals surface area contributed by atoms with E-state index in [0.717, 1.165) is 38.7 Å². The van der Waals surface area contributed by atoms with Crippen LogP contribution in [0.3, 0.4) is 0 Å². The summed E-state index contributed by atoms with van der Waals surface area (Å²) in [5, 5.41) is 5.36. The Morgan fingerprint density at radius 2 is 1.97 bits per heavy atom. The zero-order chi connectivity index (χ0) is 21.6. The first-order chi connectivity index (χ1) is 14.2. The highest BCUT2D eigenvalue weighted by atomic mass is 32.2. The number of nitrogens with one attached hydrogen (secondary N) is 2. The van der Waals surface area contributed by atoms with Crippen molar-refractivity contribution in [3.05, 3.63) is 16.3 Å². The van der Waals surface area contributed by atoms with Crippen molar-refractivity contribution >= 4 is 51.2 Å². The second-order valence-corrected chi connectivity index (χ2v) is 10.4. The zero-order valence-electron chi connectivity index (χ0n) is 17.5. The average molecular weight is 448 g/mol. The Kier molecular flexibility index (Phi) is 5.48. The molecule has 2 fully saturated rings. The molecule has 2 N–H and O–H groups in total. The number of hydrogen-bond acceptors (Lipinski definition) is 7. The number of amides is 4. The first kappa shape index (κ1) is 21.0. The number of aryl methyl sites for hydroxylation is 3. The summed E-state index contributed by atoms with van der Waals surface area (Å²) in [7, 11) is 0. The monoisotopic (exact) mass is 447 g/mol. The maximum absolute atomic E-state index is 12.9. The lowest BCUT2D eigenvalue weighted by Gasteiger charge is -2.33. The van der Waals surface area contributed by atoms with E-state index in [1.54, 1.807) is 11.3 Å². The minimum absolute atomic E-state index is 0.0426. The van der Waals surface area contributed by atoms with Crippen molar-refractivity contribution in [1.82, 2.24) is 25.7 Å². The third kappa shape index (κ3) is 3.66. The van der Waals surface area contributed by atoms with Gasteiger partial charge in [-0.1, -0.05) is 18.7 Å². The Morgan fingerprint density at radius 1 is 1.27 bits per heavy atom. The van der Waals surface area contributed by atoms with E-state index in [1.165, 1.54) is 16.6 Å². The van der Waals surface area contributed by atoms with E-state index in [4.69, 9.17) is 0 Å². The molecule has 1 aliphatic carbocycles. The zero-order valence-corrected chi connectivity index (χ0v) is 19.1. The highest BCUT2D eigenvalue weighted by Crippen LogP contribution is 2.36. The van der Waals surface area contributed by atoms with Crippen molar-refractivity contribution < 1.29 is 14.4 Å². The van der Waals surface area contributed by atoms with Gasteiger partial charge in [0.05, 0.1) is 5.75 Å². The molecule has 0 radical (unpaired) electrons. The molecule has 8 nitrogen and oxygen atoms in total. The Hall–Kier alpha value is -2.20. The standard InChI is InChI=1S/C20H25N5O3S2/c1-10-5-7-20(8-6-10)18(27)25(19(28)23-20)24-14(26)9-29-16-15-11(2)12(3)30-17(15)22-13(4)21-16/h10H,5-9H2,1-4H3,(H,23,28)(H,24,26). The first-order valence-corrected chi connectivity index (χ1v) is 11.8. The third-order valence-electron chi connectivity index (χ3n) is 5.97. The van der Waals surface area contributed by atoms with Crippen LogP contribution >= 0.6 is 23.1 Å². The molecule has 0 aromatic carbocycles. The van der Waals surface area contributed by atoms with Crippen molar-refractivity contribution in [2.75, 3.05) is 5.75 Å². The van der Waals surface area contributed by atoms with Gasteiger partial charge in [0.1, 0.15) is 21.2 Å². The van der Waals surface area contributed by atoms with Gasteiger partial charge in [0.2, 0.25) is 5.91 Å². The average Bonchev–Trinajstić information content (AvgIpc) is 3.10. The van der Waals surface area contributed by atoms with Gasteiger partial charge in [0.25, 0.3) is 5.91 Å². The fourth-order valence-corrected chi connectivity index (χ4v) is 6.09. The maximum atomic E-state index is 12.9. The van der Waals surface area contributed by atoms with E-state index in [2.05, 4.69) is 27.6 Å². The van der Waals surface area contributed by atoms with Crippen LogP contribution in [0.25, 0.3) is 10.2 Å². The Balaban J connectivity index is 1.44. The third-order valence-corrected chi connectivity index (χ3v) is 8.05. The Bertz CT molecular complexity index is 1040. The number of fused-ring (bicyclic) bond motifs is 1. The van der Waals surface area contributed by atoms with Crippen molar-refractivity contribution in [3.8, 4) is 0 Å². The highest BCUT2D eigenvalue weighted by Gasteiger charge is 2.52. The van der Waals surface area contributed by atoms with Gasteiger partial charge in [-0.15, -0.1) is 11.3 Å². The van der Waals surface area contributed by atoms with Gasteiger partial charge in [0, 0.05) is 10.3 Å². The second kappa shape index (κ2) is 7.81. The molecule has 4 amide bonds. The number of hydrazine groups is 1. The SMILES string of the molecule is Cc1nc(SCC(=O)NN2C(=O)NC3(CCC(C)CC3)C2=O)c2c(C)c(C)sc2n1. The predicted molar refractivity (Wildman–Crippen MR) is 116 cm³/mol. The number of rotatable bonds is 4.